The van der Waals surface area contributed by atoms with Gasteiger partial charge in [-0.2, -0.15) is 0 Å². The minimum absolute atomic E-state index is 0.0206. The molecule has 0 spiro atoms. The number of benzene rings is 3. The number of ether oxygens (including phenoxy) is 1. The number of methoxy groups -OCH3 is 1. The van der Waals surface area contributed by atoms with Gasteiger partial charge in [-0.1, -0.05) is 60.7 Å². The Kier molecular flexibility index (Phi) is 5.29. The van der Waals surface area contributed by atoms with Crippen LogP contribution in [0.15, 0.2) is 78.9 Å². The van der Waals surface area contributed by atoms with Crippen molar-refractivity contribution < 1.29 is 14.3 Å². The zero-order valence-corrected chi connectivity index (χ0v) is 19.6. The van der Waals surface area contributed by atoms with E-state index in [0.717, 1.165) is 45.5 Å². The first-order valence-electron chi connectivity index (χ1n) is 12.0. The number of hydrogen-bond donors (Lipinski definition) is 1. The monoisotopic (exact) mass is 465 g/mol. The summed E-state index contributed by atoms with van der Waals surface area (Å²) in [6, 6.07) is 25.2. The number of para-hydroxylation sites is 1. The third kappa shape index (κ3) is 3.66. The predicted octanol–water partition coefficient (Wildman–Crippen LogP) is 4.10. The summed E-state index contributed by atoms with van der Waals surface area (Å²) in [5.41, 5.74) is 5.26. The number of carbonyl (C=O) groups excluding carboxylic acids is 2. The summed E-state index contributed by atoms with van der Waals surface area (Å²) in [7, 11) is 1.64. The van der Waals surface area contributed by atoms with Gasteiger partial charge >= 0.3 is 0 Å². The molecular formula is C29H27N3O3. The number of amides is 2. The summed E-state index contributed by atoms with van der Waals surface area (Å²) in [6.45, 7) is 0.636. The van der Waals surface area contributed by atoms with Crippen molar-refractivity contribution in [2.75, 3.05) is 20.2 Å². The molecule has 2 atom stereocenters. The Morgan fingerprint density at radius 3 is 2.46 bits per heavy atom. The van der Waals surface area contributed by atoms with Gasteiger partial charge in [0.2, 0.25) is 11.8 Å². The van der Waals surface area contributed by atoms with Crippen LogP contribution in [0.2, 0.25) is 0 Å². The molecule has 1 aromatic heterocycles. The summed E-state index contributed by atoms with van der Waals surface area (Å²) >= 11 is 0. The molecular weight excluding hydrogens is 438 g/mol. The van der Waals surface area contributed by atoms with Crippen LogP contribution < -0.4 is 4.74 Å². The molecule has 1 fully saturated rings. The van der Waals surface area contributed by atoms with E-state index in [4.69, 9.17) is 4.74 Å². The van der Waals surface area contributed by atoms with Crippen LogP contribution in [0.3, 0.4) is 0 Å². The second-order valence-corrected chi connectivity index (χ2v) is 9.25. The van der Waals surface area contributed by atoms with Crippen molar-refractivity contribution >= 4 is 22.7 Å². The topological polar surface area (TPSA) is 65.6 Å². The van der Waals surface area contributed by atoms with Crippen molar-refractivity contribution in [3.63, 3.8) is 0 Å². The molecule has 176 valence electrons. The molecule has 6 heteroatoms. The van der Waals surface area contributed by atoms with Gasteiger partial charge in [0.25, 0.3) is 0 Å². The molecule has 6 rings (SSSR count). The van der Waals surface area contributed by atoms with Crippen LogP contribution in [0.4, 0.5) is 0 Å². The molecule has 6 nitrogen and oxygen atoms in total. The molecule has 1 N–H and O–H groups in total. The van der Waals surface area contributed by atoms with Crippen molar-refractivity contribution in [3.8, 4) is 5.75 Å². The molecule has 35 heavy (non-hydrogen) atoms. The fourth-order valence-corrected chi connectivity index (χ4v) is 5.55. The molecule has 0 radical (unpaired) electrons. The van der Waals surface area contributed by atoms with E-state index < -0.39 is 6.04 Å². The van der Waals surface area contributed by atoms with Gasteiger partial charge in [-0.05, 0) is 41.3 Å². The SMILES string of the molecule is COc1ccc(C2c3[nH]c4ccccc4c3C[C@@H]3C(=O)N(CCc4ccccc4)CC(=O)N23)cc1. The van der Waals surface area contributed by atoms with E-state index in [0.29, 0.717) is 13.0 Å². The average molecular weight is 466 g/mol. The Morgan fingerprint density at radius 2 is 1.69 bits per heavy atom. The third-order valence-electron chi connectivity index (χ3n) is 7.29. The van der Waals surface area contributed by atoms with E-state index in [-0.39, 0.29) is 24.4 Å². The maximum Gasteiger partial charge on any atom is 0.246 e. The molecule has 3 aromatic carbocycles. The minimum atomic E-state index is -0.522. The first-order valence-corrected chi connectivity index (χ1v) is 12.0. The Bertz CT molecular complexity index is 1390. The number of aromatic amines is 1. The normalized spacial score (nSPS) is 19.6. The van der Waals surface area contributed by atoms with Crippen LogP contribution in [0.1, 0.15) is 28.4 Å². The van der Waals surface area contributed by atoms with Gasteiger partial charge in [-0.25, -0.2) is 0 Å². The van der Waals surface area contributed by atoms with Crippen LogP contribution in [0.25, 0.3) is 10.9 Å². The Balaban J connectivity index is 1.40. The Labute approximate surface area is 204 Å². The van der Waals surface area contributed by atoms with Gasteiger partial charge in [0, 0.05) is 29.6 Å². The zero-order valence-electron chi connectivity index (χ0n) is 19.6. The number of aromatic nitrogens is 1. The van der Waals surface area contributed by atoms with Crippen LogP contribution >= 0.6 is 0 Å². The van der Waals surface area contributed by atoms with Crippen LogP contribution in [-0.2, 0) is 22.4 Å². The molecule has 0 saturated carbocycles. The van der Waals surface area contributed by atoms with E-state index in [1.54, 1.807) is 16.9 Å². The number of fused-ring (bicyclic) bond motifs is 4. The predicted molar refractivity (Wildman–Crippen MR) is 134 cm³/mol. The van der Waals surface area contributed by atoms with Gasteiger partial charge < -0.3 is 19.5 Å². The quantitative estimate of drug-likeness (QED) is 0.483. The summed E-state index contributed by atoms with van der Waals surface area (Å²) in [6.07, 6.45) is 1.24. The number of piperazine rings is 1. The van der Waals surface area contributed by atoms with Gasteiger partial charge in [-0.15, -0.1) is 0 Å². The van der Waals surface area contributed by atoms with Gasteiger partial charge in [0.1, 0.15) is 11.8 Å². The van der Waals surface area contributed by atoms with Crippen molar-refractivity contribution in [2.45, 2.75) is 24.9 Å². The maximum atomic E-state index is 13.8. The summed E-state index contributed by atoms with van der Waals surface area (Å²) in [5, 5.41) is 1.11. The van der Waals surface area contributed by atoms with Crippen molar-refractivity contribution in [1.29, 1.82) is 0 Å². The van der Waals surface area contributed by atoms with Crippen LogP contribution in [0.5, 0.6) is 5.75 Å². The van der Waals surface area contributed by atoms with Gasteiger partial charge in [0.05, 0.1) is 19.7 Å². The number of rotatable bonds is 5. The molecule has 2 amide bonds. The Morgan fingerprint density at radius 1 is 0.943 bits per heavy atom. The van der Waals surface area contributed by atoms with Crippen molar-refractivity contribution in [3.05, 3.63) is 101 Å². The molecule has 1 saturated heterocycles. The first kappa shape index (κ1) is 21.5. The van der Waals surface area contributed by atoms with E-state index in [9.17, 15) is 9.59 Å². The standard InChI is InChI=1S/C29H27N3O3/c1-35-21-13-11-20(12-14-21)28-27-23(22-9-5-6-10-24(22)30-27)17-25-29(34)31(18-26(33)32(25)28)16-15-19-7-3-2-4-8-19/h2-14,25,28,30H,15-18H2,1H3/t25-,28?/m1/s1. The number of nitrogens with one attached hydrogen (secondary N) is 1. The smallest absolute Gasteiger partial charge is 0.246 e. The highest BCUT2D eigenvalue weighted by Crippen LogP contribution is 2.42. The summed E-state index contributed by atoms with van der Waals surface area (Å²) < 4.78 is 5.35. The van der Waals surface area contributed by atoms with E-state index in [2.05, 4.69) is 23.2 Å². The van der Waals surface area contributed by atoms with Crippen molar-refractivity contribution in [2.24, 2.45) is 0 Å². The van der Waals surface area contributed by atoms with E-state index in [1.165, 1.54) is 0 Å². The highest BCUT2D eigenvalue weighted by molar-refractivity contribution is 5.97. The lowest BCUT2D eigenvalue weighted by atomic mass is 9.86. The van der Waals surface area contributed by atoms with Crippen molar-refractivity contribution in [1.82, 2.24) is 14.8 Å². The fraction of sp³-hybridized carbons (Fsp3) is 0.241. The van der Waals surface area contributed by atoms with Crippen LogP contribution in [-0.4, -0.2) is 52.8 Å². The zero-order chi connectivity index (χ0) is 23.9. The molecule has 0 bridgehead atoms. The second-order valence-electron chi connectivity index (χ2n) is 9.25. The lowest BCUT2D eigenvalue weighted by Gasteiger charge is -2.47. The summed E-state index contributed by atoms with van der Waals surface area (Å²) in [5.74, 6) is 0.758. The molecule has 3 heterocycles. The van der Waals surface area contributed by atoms with Gasteiger partial charge in [-0.3, -0.25) is 9.59 Å². The number of carbonyl (C=O) groups is 2. The lowest BCUT2D eigenvalue weighted by Crippen LogP contribution is -2.63. The lowest BCUT2D eigenvalue weighted by molar-refractivity contribution is -0.158. The molecule has 2 aliphatic heterocycles. The number of nitrogens with zero attached hydrogens (tertiary/aromatic N) is 2. The fourth-order valence-electron chi connectivity index (χ4n) is 5.55. The number of H-pyrrole nitrogens is 1. The molecule has 2 aliphatic rings. The third-order valence-corrected chi connectivity index (χ3v) is 7.29. The van der Waals surface area contributed by atoms with Gasteiger partial charge in [0.15, 0.2) is 0 Å². The first-order chi connectivity index (χ1) is 17.1. The summed E-state index contributed by atoms with van der Waals surface area (Å²) in [4.78, 5) is 34.5. The second kappa shape index (κ2) is 8.62. The largest absolute Gasteiger partial charge is 0.497 e. The number of hydrogen-bond acceptors (Lipinski definition) is 3. The van der Waals surface area contributed by atoms with E-state index >= 15 is 0 Å². The maximum absolute atomic E-state index is 13.8. The highest BCUT2D eigenvalue weighted by atomic mass is 16.5. The Hall–Kier alpha value is -4.06. The molecule has 4 aromatic rings. The average Bonchev–Trinajstić information content (AvgIpc) is 3.28. The van der Waals surface area contributed by atoms with E-state index in [1.807, 2.05) is 60.7 Å². The highest BCUT2D eigenvalue weighted by Gasteiger charge is 2.48. The molecule has 1 unspecified atom stereocenters. The van der Waals surface area contributed by atoms with Crippen LogP contribution in [0, 0.1) is 0 Å². The molecule has 0 aliphatic carbocycles. The minimum Gasteiger partial charge on any atom is -0.497 e.